The van der Waals surface area contributed by atoms with E-state index in [-0.39, 0.29) is 12.0 Å². The quantitative estimate of drug-likeness (QED) is 0.909. The number of nitrogens with one attached hydrogen (secondary N) is 1. The van der Waals surface area contributed by atoms with Gasteiger partial charge < -0.3 is 14.8 Å². The molecule has 0 aliphatic carbocycles. The number of aryl methyl sites for hydroxylation is 2. The maximum atomic E-state index is 5.67. The lowest BCUT2D eigenvalue weighted by Gasteiger charge is -2.09. The average molecular weight is 260 g/mol. The molecular weight excluding hydrogens is 244 g/mol. The van der Waals surface area contributed by atoms with Gasteiger partial charge in [0, 0.05) is 7.05 Å². The van der Waals surface area contributed by atoms with Crippen LogP contribution in [0.3, 0.4) is 0 Å². The Kier molecular flexibility index (Phi) is 3.79. The van der Waals surface area contributed by atoms with E-state index >= 15 is 0 Å². The highest BCUT2D eigenvalue weighted by atomic mass is 16.5. The molecule has 0 radical (unpaired) electrons. The standard InChI is InChI=1S/C13H16N4O2/c1-8-5-6-10(9(2)7-8)19-13-16-11(14-3)15-12(17-13)18-4/h5-7H,1-4H3,(H,14,15,16,17). The summed E-state index contributed by atoms with van der Waals surface area (Å²) in [6.07, 6.45) is 0. The first kappa shape index (κ1) is 13.1. The Labute approximate surface area is 111 Å². The van der Waals surface area contributed by atoms with Gasteiger partial charge in [-0.1, -0.05) is 17.7 Å². The first-order valence-electron chi connectivity index (χ1n) is 5.85. The lowest BCUT2D eigenvalue weighted by Crippen LogP contribution is -2.03. The number of anilines is 1. The first-order valence-corrected chi connectivity index (χ1v) is 5.85. The molecule has 0 atom stereocenters. The number of hydrogen-bond donors (Lipinski definition) is 1. The Morgan fingerprint density at radius 2 is 1.79 bits per heavy atom. The minimum Gasteiger partial charge on any atom is -0.467 e. The Bertz CT molecular complexity index is 565. The van der Waals surface area contributed by atoms with Crippen molar-refractivity contribution in [2.24, 2.45) is 0 Å². The molecule has 0 fully saturated rings. The van der Waals surface area contributed by atoms with Crippen LogP contribution in [0.2, 0.25) is 0 Å². The molecule has 0 spiro atoms. The summed E-state index contributed by atoms with van der Waals surface area (Å²) in [4.78, 5) is 12.2. The number of ether oxygens (including phenoxy) is 2. The number of benzene rings is 1. The second-order valence-corrected chi connectivity index (χ2v) is 4.05. The molecule has 1 aromatic carbocycles. The second-order valence-electron chi connectivity index (χ2n) is 4.05. The van der Waals surface area contributed by atoms with Gasteiger partial charge in [0.2, 0.25) is 5.95 Å². The lowest BCUT2D eigenvalue weighted by atomic mass is 10.1. The third-order valence-electron chi connectivity index (χ3n) is 2.53. The maximum Gasteiger partial charge on any atom is 0.330 e. The molecule has 1 aromatic heterocycles. The zero-order valence-electron chi connectivity index (χ0n) is 11.4. The van der Waals surface area contributed by atoms with E-state index in [9.17, 15) is 0 Å². The van der Waals surface area contributed by atoms with Gasteiger partial charge >= 0.3 is 12.0 Å². The lowest BCUT2D eigenvalue weighted by molar-refractivity contribution is 0.359. The average Bonchev–Trinajstić information content (AvgIpc) is 2.41. The zero-order chi connectivity index (χ0) is 13.8. The van der Waals surface area contributed by atoms with Crippen LogP contribution >= 0.6 is 0 Å². The fraction of sp³-hybridized carbons (Fsp3) is 0.308. The van der Waals surface area contributed by atoms with Crippen LogP contribution in [-0.4, -0.2) is 29.1 Å². The molecule has 1 heterocycles. The molecule has 2 aromatic rings. The largest absolute Gasteiger partial charge is 0.467 e. The van der Waals surface area contributed by atoms with Crippen molar-refractivity contribution in [2.75, 3.05) is 19.5 Å². The van der Waals surface area contributed by atoms with Crippen LogP contribution in [0.15, 0.2) is 18.2 Å². The molecule has 1 N–H and O–H groups in total. The molecule has 0 saturated carbocycles. The van der Waals surface area contributed by atoms with Gasteiger partial charge in [-0.25, -0.2) is 0 Å². The van der Waals surface area contributed by atoms with Gasteiger partial charge in [0.1, 0.15) is 5.75 Å². The topological polar surface area (TPSA) is 69.2 Å². The minimum absolute atomic E-state index is 0.197. The molecule has 6 nitrogen and oxygen atoms in total. The third-order valence-corrected chi connectivity index (χ3v) is 2.53. The molecule has 2 rings (SSSR count). The maximum absolute atomic E-state index is 5.67. The third kappa shape index (κ3) is 3.09. The van der Waals surface area contributed by atoms with Gasteiger partial charge in [0.05, 0.1) is 7.11 Å². The molecule has 0 bridgehead atoms. The summed E-state index contributed by atoms with van der Waals surface area (Å²) in [6.45, 7) is 4.00. The number of aromatic nitrogens is 3. The number of methoxy groups -OCH3 is 1. The normalized spacial score (nSPS) is 10.1. The summed E-state index contributed by atoms with van der Waals surface area (Å²) in [5, 5.41) is 2.83. The molecule has 0 saturated heterocycles. The van der Waals surface area contributed by atoms with Crippen molar-refractivity contribution in [1.82, 2.24) is 15.0 Å². The predicted octanol–water partition coefficient (Wildman–Crippen LogP) is 2.33. The van der Waals surface area contributed by atoms with Gasteiger partial charge in [0.25, 0.3) is 0 Å². The van der Waals surface area contributed by atoms with Crippen molar-refractivity contribution in [3.05, 3.63) is 29.3 Å². The highest BCUT2D eigenvalue weighted by Crippen LogP contribution is 2.24. The molecular formula is C13H16N4O2. The van der Waals surface area contributed by atoms with E-state index in [0.717, 1.165) is 5.56 Å². The molecule has 0 amide bonds. The molecule has 0 aliphatic rings. The molecule has 0 unspecified atom stereocenters. The van der Waals surface area contributed by atoms with Gasteiger partial charge in [-0.15, -0.1) is 4.98 Å². The number of hydrogen-bond acceptors (Lipinski definition) is 6. The van der Waals surface area contributed by atoms with E-state index in [1.54, 1.807) is 7.05 Å². The number of rotatable bonds is 4. The minimum atomic E-state index is 0.197. The van der Waals surface area contributed by atoms with E-state index < -0.39 is 0 Å². The van der Waals surface area contributed by atoms with E-state index in [2.05, 4.69) is 20.3 Å². The fourth-order valence-electron chi connectivity index (χ4n) is 1.60. The van der Waals surface area contributed by atoms with Crippen molar-refractivity contribution in [1.29, 1.82) is 0 Å². The fourth-order valence-corrected chi connectivity index (χ4v) is 1.60. The van der Waals surface area contributed by atoms with Crippen molar-refractivity contribution < 1.29 is 9.47 Å². The van der Waals surface area contributed by atoms with Gasteiger partial charge in [-0.2, -0.15) is 9.97 Å². The Hall–Kier alpha value is -2.37. The Morgan fingerprint density at radius 3 is 2.42 bits per heavy atom. The summed E-state index contributed by atoms with van der Waals surface area (Å²) in [6, 6.07) is 6.30. The summed E-state index contributed by atoms with van der Waals surface area (Å²) < 4.78 is 10.7. The summed E-state index contributed by atoms with van der Waals surface area (Å²) in [5.74, 6) is 1.10. The van der Waals surface area contributed by atoms with Crippen LogP contribution in [0.4, 0.5) is 5.95 Å². The molecule has 100 valence electrons. The van der Waals surface area contributed by atoms with Crippen LogP contribution in [-0.2, 0) is 0 Å². The SMILES string of the molecule is CNc1nc(OC)nc(Oc2ccc(C)cc2C)n1. The van der Waals surface area contributed by atoms with Crippen molar-refractivity contribution in [3.63, 3.8) is 0 Å². The van der Waals surface area contributed by atoms with Crippen molar-refractivity contribution in [2.45, 2.75) is 13.8 Å². The predicted molar refractivity (Wildman–Crippen MR) is 71.9 cm³/mol. The summed E-state index contributed by atoms with van der Waals surface area (Å²) in [7, 11) is 3.21. The molecule has 19 heavy (non-hydrogen) atoms. The van der Waals surface area contributed by atoms with Crippen LogP contribution in [0.25, 0.3) is 0 Å². The van der Waals surface area contributed by atoms with Crippen LogP contribution in [0.5, 0.6) is 17.8 Å². The number of nitrogens with zero attached hydrogens (tertiary/aromatic N) is 3. The van der Waals surface area contributed by atoms with E-state index in [4.69, 9.17) is 9.47 Å². The van der Waals surface area contributed by atoms with E-state index in [0.29, 0.717) is 11.7 Å². The first-order chi connectivity index (χ1) is 9.12. The Balaban J connectivity index is 2.31. The smallest absolute Gasteiger partial charge is 0.330 e. The monoisotopic (exact) mass is 260 g/mol. The molecule has 0 aliphatic heterocycles. The molecule has 6 heteroatoms. The van der Waals surface area contributed by atoms with E-state index in [1.807, 2.05) is 32.0 Å². The van der Waals surface area contributed by atoms with Gasteiger partial charge in [-0.3, -0.25) is 0 Å². The van der Waals surface area contributed by atoms with Gasteiger partial charge in [-0.05, 0) is 25.5 Å². The van der Waals surface area contributed by atoms with Crippen molar-refractivity contribution >= 4 is 5.95 Å². The Morgan fingerprint density at radius 1 is 1.05 bits per heavy atom. The van der Waals surface area contributed by atoms with Crippen molar-refractivity contribution in [3.8, 4) is 17.8 Å². The highest BCUT2D eigenvalue weighted by molar-refractivity contribution is 5.38. The zero-order valence-corrected chi connectivity index (χ0v) is 11.4. The summed E-state index contributed by atoms with van der Waals surface area (Å²) >= 11 is 0. The van der Waals surface area contributed by atoms with Crippen LogP contribution in [0, 0.1) is 13.8 Å². The van der Waals surface area contributed by atoms with Gasteiger partial charge in [0.15, 0.2) is 0 Å². The highest BCUT2D eigenvalue weighted by Gasteiger charge is 2.09. The van der Waals surface area contributed by atoms with E-state index in [1.165, 1.54) is 12.7 Å². The summed E-state index contributed by atoms with van der Waals surface area (Å²) in [5.41, 5.74) is 2.19. The van der Waals surface area contributed by atoms with Crippen LogP contribution in [0.1, 0.15) is 11.1 Å². The van der Waals surface area contributed by atoms with Crippen LogP contribution < -0.4 is 14.8 Å². The second kappa shape index (κ2) is 5.51.